The zero-order valence-electron chi connectivity index (χ0n) is 32.5. The molecule has 0 aromatic carbocycles. The Kier molecular flexibility index (Phi) is 26.5. The van der Waals surface area contributed by atoms with Crippen molar-refractivity contribution in [2.45, 2.75) is 63.6 Å². The van der Waals surface area contributed by atoms with E-state index >= 15 is 0 Å². The number of nitrogens with one attached hydrogen (secondary N) is 10. The van der Waals surface area contributed by atoms with Crippen molar-refractivity contribution in [3.63, 3.8) is 0 Å². The molecule has 0 radical (unpaired) electrons. The maximum absolute atomic E-state index is 13.3. The summed E-state index contributed by atoms with van der Waals surface area (Å²) < 4.78 is 21.1. The van der Waals surface area contributed by atoms with Crippen LogP contribution in [-0.4, -0.2) is 168 Å². The Morgan fingerprint density at radius 2 is 1.22 bits per heavy atom. The molecule has 25 nitrogen and oxygen atoms in total. The molecular weight excluding hydrogens is 774 g/mol. The molecule has 0 bridgehead atoms. The summed E-state index contributed by atoms with van der Waals surface area (Å²) in [4.78, 5) is 110. The van der Waals surface area contributed by atoms with Gasteiger partial charge in [0.15, 0.2) is 5.96 Å². The van der Waals surface area contributed by atoms with E-state index in [4.69, 9.17) is 30.1 Å². The Balaban J connectivity index is 2.48. The predicted molar refractivity (Wildman–Crippen MR) is 201 cm³/mol. The van der Waals surface area contributed by atoms with Gasteiger partial charge in [-0.05, 0) is 32.1 Å². The molecule has 0 aromatic rings. The number of hydrogen-bond donors (Lipinski definition) is 12. The van der Waals surface area contributed by atoms with E-state index < -0.39 is 72.6 Å². The number of ether oxygens (including phenoxy) is 4. The van der Waals surface area contributed by atoms with Crippen LogP contribution in [0.25, 0.3) is 0 Å². The number of urea groups is 1. The smallest absolute Gasteiger partial charge is 0.322 e. The number of rotatable bonds is 27. The maximum Gasteiger partial charge on any atom is 0.322 e. The number of hydrogen-bond acceptors (Lipinski definition) is 14. The lowest BCUT2D eigenvalue weighted by molar-refractivity contribution is -0.140. The number of carbonyl (C=O) groups excluding carboxylic acids is 8. The fourth-order valence-electron chi connectivity index (χ4n) is 4.79. The second-order valence-corrected chi connectivity index (χ2v) is 12.5. The van der Waals surface area contributed by atoms with Crippen LogP contribution in [0.5, 0.6) is 0 Å². The maximum atomic E-state index is 13.3. The van der Waals surface area contributed by atoms with E-state index in [-0.39, 0.29) is 109 Å². The third-order valence-corrected chi connectivity index (χ3v) is 7.57. The van der Waals surface area contributed by atoms with Crippen LogP contribution in [-0.2, 0) is 57.3 Å². The van der Waals surface area contributed by atoms with Crippen LogP contribution >= 0.6 is 0 Å². The van der Waals surface area contributed by atoms with E-state index in [1.54, 1.807) is 0 Å². The number of carboxylic acid groups (broad SMARTS) is 1. The Bertz CT molecular complexity index is 1390. The lowest BCUT2D eigenvalue weighted by Crippen LogP contribution is -2.59. The van der Waals surface area contributed by atoms with Gasteiger partial charge in [-0.25, -0.2) is 4.79 Å². The van der Waals surface area contributed by atoms with Crippen molar-refractivity contribution in [1.29, 1.82) is 5.41 Å². The molecule has 1 saturated heterocycles. The fraction of sp³-hybridized carbons (Fsp3) is 0.697. The largest absolute Gasteiger partial charge is 0.481 e. The molecule has 3 atom stereocenters. The van der Waals surface area contributed by atoms with Crippen molar-refractivity contribution >= 4 is 59.3 Å². The molecule has 328 valence electrons. The second-order valence-electron chi connectivity index (χ2n) is 12.5. The van der Waals surface area contributed by atoms with Gasteiger partial charge < -0.3 is 72.3 Å². The molecule has 1 rings (SSSR count). The number of carboxylic acids is 1. The third kappa shape index (κ3) is 26.2. The van der Waals surface area contributed by atoms with E-state index in [1.165, 1.54) is 6.92 Å². The first-order valence-corrected chi connectivity index (χ1v) is 18.5. The van der Waals surface area contributed by atoms with Gasteiger partial charge in [-0.15, -0.1) is 0 Å². The van der Waals surface area contributed by atoms with Crippen LogP contribution < -0.4 is 53.6 Å². The van der Waals surface area contributed by atoms with Gasteiger partial charge in [0.2, 0.25) is 35.4 Å². The molecule has 9 amide bonds. The Morgan fingerprint density at radius 3 is 1.83 bits per heavy atom. The average molecular weight is 832 g/mol. The molecule has 0 unspecified atom stereocenters. The summed E-state index contributed by atoms with van der Waals surface area (Å²) in [6.07, 6.45) is 0.0375. The van der Waals surface area contributed by atoms with Gasteiger partial charge in [0.05, 0.1) is 52.6 Å². The molecule has 13 N–H and O–H groups in total. The van der Waals surface area contributed by atoms with Crippen molar-refractivity contribution in [3.8, 4) is 0 Å². The summed E-state index contributed by atoms with van der Waals surface area (Å²) in [5.74, 6) is -6.31. The first-order valence-electron chi connectivity index (χ1n) is 18.5. The highest BCUT2D eigenvalue weighted by Crippen LogP contribution is 2.05. The minimum absolute atomic E-state index is 0.00274. The van der Waals surface area contributed by atoms with Gasteiger partial charge in [-0.1, -0.05) is 0 Å². The fourth-order valence-corrected chi connectivity index (χ4v) is 4.79. The average Bonchev–Trinajstić information content (AvgIpc) is 3.15. The quantitative estimate of drug-likeness (QED) is 0.0209. The van der Waals surface area contributed by atoms with Crippen molar-refractivity contribution in [3.05, 3.63) is 0 Å². The van der Waals surface area contributed by atoms with E-state index in [0.29, 0.717) is 19.6 Å². The van der Waals surface area contributed by atoms with Crippen LogP contribution in [0.2, 0.25) is 0 Å². The third-order valence-electron chi connectivity index (χ3n) is 7.57. The lowest BCUT2D eigenvalue weighted by atomic mass is 10.1. The summed E-state index contributed by atoms with van der Waals surface area (Å²) in [6, 6.07) is -5.30. The van der Waals surface area contributed by atoms with Gasteiger partial charge >= 0.3 is 12.0 Å². The van der Waals surface area contributed by atoms with Gasteiger partial charge in [-0.2, -0.15) is 0 Å². The number of nitrogens with two attached hydrogens (primary N) is 1. The molecule has 1 aliphatic heterocycles. The number of unbranched alkanes of at least 4 members (excludes halogenated alkanes) is 1. The number of aliphatic carboxylic acids is 1. The van der Waals surface area contributed by atoms with Gasteiger partial charge in [0.1, 0.15) is 31.3 Å². The number of guanidine groups is 1. The van der Waals surface area contributed by atoms with Crippen LogP contribution in [0.3, 0.4) is 0 Å². The second kappa shape index (κ2) is 30.5. The van der Waals surface area contributed by atoms with Gasteiger partial charge in [0, 0.05) is 33.1 Å². The van der Waals surface area contributed by atoms with Crippen molar-refractivity contribution in [1.82, 2.24) is 47.9 Å². The van der Waals surface area contributed by atoms with Crippen LogP contribution in [0.4, 0.5) is 4.79 Å². The minimum atomic E-state index is -1.67. The highest BCUT2D eigenvalue weighted by molar-refractivity contribution is 6.02. The minimum Gasteiger partial charge on any atom is -0.481 e. The highest BCUT2D eigenvalue weighted by atomic mass is 16.5. The molecule has 1 fully saturated rings. The van der Waals surface area contributed by atoms with Crippen LogP contribution in [0.1, 0.15) is 45.4 Å². The summed E-state index contributed by atoms with van der Waals surface area (Å²) >= 11 is 0. The van der Waals surface area contributed by atoms with E-state index in [2.05, 4.69) is 42.5 Å². The van der Waals surface area contributed by atoms with Crippen molar-refractivity contribution in [2.75, 3.05) is 85.6 Å². The predicted octanol–water partition coefficient (Wildman–Crippen LogP) is -5.38. The molecule has 0 aliphatic carbocycles. The number of amides is 9. The topological polar surface area (TPSA) is 369 Å². The highest BCUT2D eigenvalue weighted by Gasteiger charge is 2.30. The zero-order valence-corrected chi connectivity index (χ0v) is 32.5. The summed E-state index contributed by atoms with van der Waals surface area (Å²) in [5, 5.41) is 38.2. The Labute approximate surface area is 334 Å². The molecular formula is C33H57N11O14. The first kappa shape index (κ1) is 50.4. The van der Waals surface area contributed by atoms with E-state index in [9.17, 15) is 48.3 Å². The molecule has 0 aromatic heterocycles. The van der Waals surface area contributed by atoms with E-state index in [0.717, 1.165) is 0 Å². The Morgan fingerprint density at radius 1 is 0.672 bits per heavy atom. The number of carbonyl (C=O) groups is 9. The van der Waals surface area contributed by atoms with Gasteiger partial charge in [0.25, 0.3) is 5.91 Å². The van der Waals surface area contributed by atoms with Crippen molar-refractivity contribution < 1.29 is 67.2 Å². The summed E-state index contributed by atoms with van der Waals surface area (Å²) in [7, 11) is 0. The molecule has 0 saturated carbocycles. The van der Waals surface area contributed by atoms with Crippen LogP contribution in [0.15, 0.2) is 0 Å². The standard InChI is InChI=1S/C33H57N11O14/c1-21(45)36-9-11-55-13-15-58-20-27(48)38-10-12-56-14-16-57-19-26(47)37-7-3-2-5-23-30(52)42-22(6-4-8-39-32(34)35)29(51)40-18-25(46)41-24(17-28(49)50)31(53)44-33(54)43-23/h22-24H,2-20H2,1H3,(H,36,45)(H,37,47)(H,38,48)(H,40,51)(H,41,46)(H,42,52)(H,49,50)(H4,34,35,39)(H2,43,44,53,54)/t22-,23-,24-/m0/s1. The monoisotopic (exact) mass is 831 g/mol. The SMILES string of the molecule is CC(=O)NCCOCCOCC(=O)NCCOCCOCC(=O)NCCCC[C@@H]1NC(=O)NC(=O)[C@H](CC(=O)O)NC(=O)CNC(=O)[C@H](CCCNC(=N)N)NC1=O. The van der Waals surface area contributed by atoms with Crippen molar-refractivity contribution in [2.24, 2.45) is 5.73 Å². The van der Waals surface area contributed by atoms with Crippen LogP contribution in [0, 0.1) is 5.41 Å². The van der Waals surface area contributed by atoms with E-state index in [1.807, 2.05) is 5.32 Å². The molecule has 58 heavy (non-hydrogen) atoms. The Hall–Kier alpha value is -5.66. The zero-order chi connectivity index (χ0) is 43.1. The lowest BCUT2D eigenvalue weighted by Gasteiger charge is -2.25. The number of imide groups is 1. The van der Waals surface area contributed by atoms with Gasteiger partial charge in [-0.3, -0.25) is 49.1 Å². The summed E-state index contributed by atoms with van der Waals surface area (Å²) in [5.41, 5.74) is 5.28. The molecule has 25 heteroatoms. The summed E-state index contributed by atoms with van der Waals surface area (Å²) in [6.45, 7) is 2.63. The molecule has 0 spiro atoms. The molecule has 1 aliphatic rings. The first-order chi connectivity index (χ1) is 27.7. The molecule has 1 heterocycles. The normalized spacial score (nSPS) is 17.6.